The Morgan fingerprint density at radius 2 is 1.89 bits per heavy atom. The van der Waals surface area contributed by atoms with Crippen LogP contribution in [0.1, 0.15) is 6.42 Å². The molecule has 9 heavy (non-hydrogen) atoms. The van der Waals surface area contributed by atoms with Gasteiger partial charge in [0.25, 0.3) is 0 Å². The Labute approximate surface area is 72.8 Å². The molecule has 0 aromatic carbocycles. The first-order valence-corrected chi connectivity index (χ1v) is 2.49. The van der Waals surface area contributed by atoms with Crippen molar-refractivity contribution in [2.45, 2.75) is 6.42 Å². The first kappa shape index (κ1) is 16.3. The molecular formula is C6H14N2Pt. The van der Waals surface area contributed by atoms with Crippen molar-refractivity contribution < 1.29 is 21.1 Å². The maximum Gasteiger partial charge on any atom is 4.00 e. The molecule has 0 fully saturated rings. The van der Waals surface area contributed by atoms with Crippen molar-refractivity contribution in [2.75, 3.05) is 19.6 Å². The van der Waals surface area contributed by atoms with Crippen molar-refractivity contribution in [3.05, 3.63) is 25.4 Å². The van der Waals surface area contributed by atoms with Gasteiger partial charge in [-0.2, -0.15) is 19.6 Å². The number of nitrogens with zero attached hydrogens (tertiary/aromatic N) is 1. The van der Waals surface area contributed by atoms with Crippen LogP contribution in [0.5, 0.6) is 0 Å². The average molecular weight is 309 g/mol. The Morgan fingerprint density at radius 3 is 2.22 bits per heavy atom. The van der Waals surface area contributed by atoms with Gasteiger partial charge >= 0.3 is 21.1 Å². The van der Waals surface area contributed by atoms with Gasteiger partial charge in [-0.25, -0.2) is 6.42 Å². The fourth-order valence-electron chi connectivity index (χ4n) is 0.303. The van der Waals surface area contributed by atoms with Crippen molar-refractivity contribution in [1.82, 2.24) is 0 Å². The van der Waals surface area contributed by atoms with Crippen LogP contribution < -0.4 is 0 Å². The van der Waals surface area contributed by atoms with Crippen LogP contribution >= 0.6 is 0 Å². The van der Waals surface area contributed by atoms with E-state index >= 15 is 0 Å². The van der Waals surface area contributed by atoms with Gasteiger partial charge < -0.3 is 25.4 Å². The normalized spacial score (nSPS) is 7.33. The predicted octanol–water partition coefficient (Wildman–Crippen LogP) is 2.08. The standard InChI is InChI=1S/C5H11N2.CH3.Pt/c1-2-4-7-5-3-6;;/h6H,1-5H2;1H3;/q-3;-1;+4. The Kier molecular flexibility index (Phi) is 28.7. The van der Waals surface area contributed by atoms with Crippen molar-refractivity contribution in [3.63, 3.8) is 0 Å². The summed E-state index contributed by atoms with van der Waals surface area (Å²) in [7, 11) is 0. The molecular weight excluding hydrogens is 295 g/mol. The Balaban J connectivity index is -0.000000180. The molecule has 0 saturated heterocycles. The molecule has 0 atom stereocenters. The molecule has 0 heterocycles. The van der Waals surface area contributed by atoms with E-state index in [4.69, 9.17) is 5.73 Å². The maximum atomic E-state index is 6.67. The molecule has 58 valence electrons. The van der Waals surface area contributed by atoms with Crippen LogP contribution in [0, 0.1) is 14.4 Å². The van der Waals surface area contributed by atoms with E-state index in [1.807, 2.05) is 0 Å². The maximum absolute atomic E-state index is 6.67. The molecule has 1 N–H and O–H groups in total. The molecule has 0 saturated carbocycles. The SMILES string of the molecule is [CH2-]CC[N-]CC[NH-].[CH3-].[Pt+4]. The van der Waals surface area contributed by atoms with E-state index in [1.54, 1.807) is 0 Å². The van der Waals surface area contributed by atoms with Gasteiger partial charge in [-0.3, -0.25) is 0 Å². The summed E-state index contributed by atoms with van der Waals surface area (Å²) in [5.74, 6) is 0. The van der Waals surface area contributed by atoms with Crippen LogP contribution in [-0.4, -0.2) is 19.6 Å². The Bertz CT molecular complexity index is 30.2. The van der Waals surface area contributed by atoms with Gasteiger partial charge in [0.1, 0.15) is 0 Å². The van der Waals surface area contributed by atoms with Crippen LogP contribution in [0.15, 0.2) is 0 Å². The van der Waals surface area contributed by atoms with Crippen LogP contribution in [-0.2, 0) is 21.1 Å². The van der Waals surface area contributed by atoms with Crippen molar-refractivity contribution in [3.8, 4) is 0 Å². The molecule has 0 aliphatic heterocycles. The molecule has 0 spiro atoms. The third-order valence-electron chi connectivity index (χ3n) is 0.586. The van der Waals surface area contributed by atoms with E-state index in [9.17, 15) is 0 Å². The first-order valence-electron chi connectivity index (χ1n) is 2.49. The van der Waals surface area contributed by atoms with Gasteiger partial charge in [-0.05, 0) is 0 Å². The summed E-state index contributed by atoms with van der Waals surface area (Å²) in [6.45, 7) is 5.51. The third kappa shape index (κ3) is 17.7. The number of hydrogen-bond acceptors (Lipinski definition) is 0. The zero-order valence-corrected chi connectivity index (χ0v) is 8.07. The Morgan fingerprint density at radius 1 is 1.33 bits per heavy atom. The summed E-state index contributed by atoms with van der Waals surface area (Å²) >= 11 is 0. The van der Waals surface area contributed by atoms with Gasteiger partial charge in [0, 0.05) is 0 Å². The van der Waals surface area contributed by atoms with E-state index in [0.29, 0.717) is 13.1 Å². The minimum Gasteiger partial charge on any atom is -0.679 e. The summed E-state index contributed by atoms with van der Waals surface area (Å²) in [5, 5.41) is 3.96. The zero-order valence-electron chi connectivity index (χ0n) is 5.80. The fraction of sp³-hybridized carbons (Fsp3) is 0.667. The van der Waals surface area contributed by atoms with Gasteiger partial charge in [-0.15, -0.1) is 0 Å². The van der Waals surface area contributed by atoms with Gasteiger partial charge in [0.05, 0.1) is 0 Å². The smallest absolute Gasteiger partial charge is 0.679 e. The monoisotopic (exact) mass is 309 g/mol. The van der Waals surface area contributed by atoms with E-state index < -0.39 is 0 Å². The average Bonchev–Trinajstić information content (AvgIpc) is 1.69. The molecule has 0 aliphatic rings. The summed E-state index contributed by atoms with van der Waals surface area (Å²) in [4.78, 5) is 0. The molecule has 2 nitrogen and oxygen atoms in total. The number of rotatable bonds is 4. The quantitative estimate of drug-likeness (QED) is 0.563. The van der Waals surface area contributed by atoms with E-state index in [0.717, 1.165) is 13.0 Å². The molecule has 0 amide bonds. The van der Waals surface area contributed by atoms with Crippen molar-refractivity contribution >= 4 is 0 Å². The second-order valence-corrected chi connectivity index (χ2v) is 1.27. The molecule has 0 aliphatic carbocycles. The topological polar surface area (TPSA) is 37.9 Å². The fourth-order valence-corrected chi connectivity index (χ4v) is 0.303. The minimum atomic E-state index is 0. The molecule has 0 unspecified atom stereocenters. The molecule has 0 bridgehead atoms. The van der Waals surface area contributed by atoms with E-state index in [2.05, 4.69) is 12.2 Å². The summed E-state index contributed by atoms with van der Waals surface area (Å²) in [6.07, 6.45) is 0.861. The van der Waals surface area contributed by atoms with Crippen LogP contribution in [0.25, 0.3) is 11.1 Å². The zero-order chi connectivity index (χ0) is 5.54. The summed E-state index contributed by atoms with van der Waals surface area (Å²) < 4.78 is 0. The molecule has 0 aromatic rings. The largest absolute Gasteiger partial charge is 4.00 e. The first-order chi connectivity index (χ1) is 3.41. The van der Waals surface area contributed by atoms with Crippen LogP contribution in [0.4, 0.5) is 0 Å². The second kappa shape index (κ2) is 15.8. The Hall–Kier alpha value is 0.608. The van der Waals surface area contributed by atoms with Crippen LogP contribution in [0.2, 0.25) is 0 Å². The van der Waals surface area contributed by atoms with E-state index in [-0.39, 0.29) is 28.5 Å². The molecule has 3 heteroatoms. The second-order valence-electron chi connectivity index (χ2n) is 1.27. The van der Waals surface area contributed by atoms with Gasteiger partial charge in [0.2, 0.25) is 0 Å². The minimum absolute atomic E-state index is 0. The summed E-state index contributed by atoms with van der Waals surface area (Å²) in [6, 6.07) is 0. The number of nitrogens with one attached hydrogen (secondary N) is 1. The molecule has 0 radical (unpaired) electrons. The third-order valence-corrected chi connectivity index (χ3v) is 0.586. The molecule has 0 rings (SSSR count). The van der Waals surface area contributed by atoms with Crippen LogP contribution in [0.3, 0.4) is 0 Å². The summed E-state index contributed by atoms with van der Waals surface area (Å²) in [5.41, 5.74) is 6.67. The van der Waals surface area contributed by atoms with Gasteiger partial charge in [-0.1, -0.05) is 0 Å². The molecule has 0 aromatic heterocycles. The number of hydrogen-bond donors (Lipinski definition) is 0. The van der Waals surface area contributed by atoms with Crippen molar-refractivity contribution in [2.24, 2.45) is 0 Å². The van der Waals surface area contributed by atoms with E-state index in [1.165, 1.54) is 0 Å². The van der Waals surface area contributed by atoms with Gasteiger partial charge in [0.15, 0.2) is 0 Å². The predicted molar refractivity (Wildman–Crippen MR) is 38.7 cm³/mol. The van der Waals surface area contributed by atoms with Crippen molar-refractivity contribution in [1.29, 1.82) is 0 Å².